The number of hydrogen-bond donors (Lipinski definition) is 2. The molecule has 0 heterocycles. The zero-order valence-corrected chi connectivity index (χ0v) is 11.2. The van der Waals surface area contributed by atoms with Crippen molar-refractivity contribution in [3.05, 3.63) is 0 Å². The van der Waals surface area contributed by atoms with Gasteiger partial charge >= 0.3 is 0 Å². The van der Waals surface area contributed by atoms with Crippen molar-refractivity contribution in [2.75, 3.05) is 0 Å². The van der Waals surface area contributed by atoms with Crippen LogP contribution in [0.15, 0.2) is 0 Å². The van der Waals surface area contributed by atoms with Crippen molar-refractivity contribution in [3.8, 4) is 0 Å². The number of thiol groups is 2. The summed E-state index contributed by atoms with van der Waals surface area (Å²) in [5.74, 6) is 1.88. The van der Waals surface area contributed by atoms with Gasteiger partial charge in [0.15, 0.2) is 0 Å². The summed E-state index contributed by atoms with van der Waals surface area (Å²) in [6.45, 7) is 4.43. The molecule has 4 unspecified atom stereocenters. The van der Waals surface area contributed by atoms with Gasteiger partial charge < -0.3 is 0 Å². The second kappa shape index (κ2) is 6.32. The highest BCUT2D eigenvalue weighted by Crippen LogP contribution is 2.35. The molecule has 1 rings (SSSR count). The molecule has 2 heteroatoms. The van der Waals surface area contributed by atoms with Crippen molar-refractivity contribution in [3.63, 3.8) is 0 Å². The van der Waals surface area contributed by atoms with Gasteiger partial charge in [-0.1, -0.05) is 33.1 Å². The SMILES string of the molecule is CC(S)CC1CCCC(CC(C)S)C1. The van der Waals surface area contributed by atoms with Crippen molar-refractivity contribution >= 4 is 25.3 Å². The Hall–Kier alpha value is 0.700. The molecule has 0 bridgehead atoms. The summed E-state index contributed by atoms with van der Waals surface area (Å²) in [6.07, 6.45) is 8.33. The van der Waals surface area contributed by atoms with Crippen LogP contribution in [0.1, 0.15) is 52.4 Å². The van der Waals surface area contributed by atoms with E-state index in [9.17, 15) is 0 Å². The zero-order valence-electron chi connectivity index (χ0n) is 9.45. The van der Waals surface area contributed by atoms with Crippen molar-refractivity contribution in [1.29, 1.82) is 0 Å². The van der Waals surface area contributed by atoms with E-state index in [-0.39, 0.29) is 0 Å². The zero-order chi connectivity index (χ0) is 10.6. The molecule has 1 aliphatic rings. The van der Waals surface area contributed by atoms with Crippen LogP contribution in [0.3, 0.4) is 0 Å². The van der Waals surface area contributed by atoms with Crippen LogP contribution in [0.5, 0.6) is 0 Å². The molecule has 1 aliphatic carbocycles. The van der Waals surface area contributed by atoms with Gasteiger partial charge in [0.05, 0.1) is 0 Å². The fraction of sp³-hybridized carbons (Fsp3) is 1.00. The summed E-state index contributed by atoms with van der Waals surface area (Å²) in [4.78, 5) is 0. The van der Waals surface area contributed by atoms with Crippen LogP contribution in [-0.4, -0.2) is 10.5 Å². The standard InChI is InChI=1S/C12H24S2/c1-9(13)6-11-4-3-5-12(8-11)7-10(2)14/h9-14H,3-8H2,1-2H3. The average Bonchev–Trinajstić information content (AvgIpc) is 2.01. The third-order valence-corrected chi connectivity index (χ3v) is 3.66. The first-order chi connectivity index (χ1) is 6.58. The maximum Gasteiger partial charge on any atom is -0.000895 e. The molecule has 0 amide bonds. The quantitative estimate of drug-likeness (QED) is 0.667. The smallest absolute Gasteiger partial charge is 0.000895 e. The van der Waals surface area contributed by atoms with E-state index in [1.54, 1.807) is 0 Å². The highest BCUT2D eigenvalue weighted by molar-refractivity contribution is 7.81. The van der Waals surface area contributed by atoms with Crippen LogP contribution >= 0.6 is 25.3 Å². The molecule has 0 spiro atoms. The molecule has 0 aromatic heterocycles. The number of rotatable bonds is 4. The molecule has 84 valence electrons. The van der Waals surface area contributed by atoms with Crippen molar-refractivity contribution in [2.24, 2.45) is 11.8 Å². The van der Waals surface area contributed by atoms with E-state index in [2.05, 4.69) is 39.1 Å². The maximum absolute atomic E-state index is 4.49. The summed E-state index contributed by atoms with van der Waals surface area (Å²) < 4.78 is 0. The van der Waals surface area contributed by atoms with Crippen LogP contribution < -0.4 is 0 Å². The van der Waals surface area contributed by atoms with Gasteiger partial charge in [0.1, 0.15) is 0 Å². The van der Waals surface area contributed by atoms with Crippen LogP contribution in [-0.2, 0) is 0 Å². The fourth-order valence-electron chi connectivity index (χ4n) is 2.80. The Morgan fingerprint density at radius 3 is 1.79 bits per heavy atom. The summed E-state index contributed by atoms with van der Waals surface area (Å²) in [6, 6.07) is 0. The minimum Gasteiger partial charge on any atom is -0.176 e. The predicted molar refractivity (Wildman–Crippen MR) is 71.6 cm³/mol. The van der Waals surface area contributed by atoms with E-state index in [1.807, 2.05) is 0 Å². The van der Waals surface area contributed by atoms with Crippen molar-refractivity contribution < 1.29 is 0 Å². The molecule has 0 saturated heterocycles. The van der Waals surface area contributed by atoms with Gasteiger partial charge in [0, 0.05) is 0 Å². The van der Waals surface area contributed by atoms with Gasteiger partial charge in [-0.2, -0.15) is 25.3 Å². The second-order valence-corrected chi connectivity index (χ2v) is 6.83. The van der Waals surface area contributed by atoms with Gasteiger partial charge in [-0.15, -0.1) is 0 Å². The molecule has 1 fully saturated rings. The first kappa shape index (κ1) is 12.8. The second-order valence-electron chi connectivity index (χ2n) is 5.07. The van der Waals surface area contributed by atoms with Gasteiger partial charge in [-0.3, -0.25) is 0 Å². The molecule has 4 atom stereocenters. The fourth-order valence-corrected chi connectivity index (χ4v) is 3.39. The Kier molecular flexibility index (Phi) is 5.76. The Bertz CT molecular complexity index is 138. The lowest BCUT2D eigenvalue weighted by atomic mass is 9.77. The van der Waals surface area contributed by atoms with Crippen LogP contribution in [0.2, 0.25) is 0 Å². The molecule has 0 radical (unpaired) electrons. The van der Waals surface area contributed by atoms with Crippen LogP contribution in [0, 0.1) is 11.8 Å². The third-order valence-electron chi connectivity index (χ3n) is 3.24. The summed E-state index contributed by atoms with van der Waals surface area (Å²) in [5.41, 5.74) is 0. The highest BCUT2D eigenvalue weighted by atomic mass is 32.1. The highest BCUT2D eigenvalue weighted by Gasteiger charge is 2.23. The largest absolute Gasteiger partial charge is 0.176 e. The third kappa shape index (κ3) is 4.97. The molecule has 0 aromatic carbocycles. The van der Waals surface area contributed by atoms with E-state index >= 15 is 0 Å². The Balaban J connectivity index is 2.28. The lowest BCUT2D eigenvalue weighted by Gasteiger charge is -2.30. The Labute approximate surface area is 100 Å². The first-order valence-corrected chi connectivity index (χ1v) is 6.97. The monoisotopic (exact) mass is 232 g/mol. The van der Waals surface area contributed by atoms with Gasteiger partial charge in [-0.05, 0) is 41.6 Å². The van der Waals surface area contributed by atoms with E-state index in [0.717, 1.165) is 11.8 Å². The summed E-state index contributed by atoms with van der Waals surface area (Å²) in [5, 5.41) is 1.15. The molecule has 0 aliphatic heterocycles. The molecular weight excluding hydrogens is 208 g/mol. The Morgan fingerprint density at radius 1 is 1.00 bits per heavy atom. The minimum atomic E-state index is 0.576. The Morgan fingerprint density at radius 2 is 1.43 bits per heavy atom. The van der Waals surface area contributed by atoms with E-state index in [4.69, 9.17) is 0 Å². The van der Waals surface area contributed by atoms with Gasteiger partial charge in [0.25, 0.3) is 0 Å². The molecule has 0 N–H and O–H groups in total. The van der Waals surface area contributed by atoms with Gasteiger partial charge in [0.2, 0.25) is 0 Å². The molecule has 0 nitrogen and oxygen atoms in total. The number of hydrogen-bond acceptors (Lipinski definition) is 2. The lowest BCUT2D eigenvalue weighted by Crippen LogP contribution is -2.19. The molecule has 14 heavy (non-hydrogen) atoms. The van der Waals surface area contributed by atoms with Crippen LogP contribution in [0.4, 0.5) is 0 Å². The van der Waals surface area contributed by atoms with E-state index < -0.39 is 0 Å². The molecule has 1 saturated carbocycles. The minimum absolute atomic E-state index is 0.576. The molecule has 0 aromatic rings. The predicted octanol–water partition coefficient (Wildman–Crippen LogP) is 4.21. The first-order valence-electron chi connectivity index (χ1n) is 5.94. The van der Waals surface area contributed by atoms with E-state index in [1.165, 1.54) is 38.5 Å². The molecular formula is C12H24S2. The summed E-state index contributed by atoms with van der Waals surface area (Å²) in [7, 11) is 0. The lowest BCUT2D eigenvalue weighted by molar-refractivity contribution is 0.245. The van der Waals surface area contributed by atoms with Crippen molar-refractivity contribution in [1.82, 2.24) is 0 Å². The van der Waals surface area contributed by atoms with E-state index in [0.29, 0.717) is 10.5 Å². The van der Waals surface area contributed by atoms with Crippen molar-refractivity contribution in [2.45, 2.75) is 62.9 Å². The summed E-state index contributed by atoms with van der Waals surface area (Å²) >= 11 is 8.99. The normalized spacial score (nSPS) is 32.6. The average molecular weight is 232 g/mol. The van der Waals surface area contributed by atoms with Crippen LogP contribution in [0.25, 0.3) is 0 Å². The maximum atomic E-state index is 4.49. The topological polar surface area (TPSA) is 0 Å². The van der Waals surface area contributed by atoms with Gasteiger partial charge in [-0.25, -0.2) is 0 Å².